The van der Waals surface area contributed by atoms with Crippen LogP contribution in [0.1, 0.15) is 69.4 Å². The van der Waals surface area contributed by atoms with E-state index in [1.165, 1.54) is 0 Å². The van der Waals surface area contributed by atoms with Gasteiger partial charge in [0.1, 0.15) is 11.5 Å². The molecule has 1 unspecified atom stereocenters. The highest BCUT2D eigenvalue weighted by Gasteiger charge is 2.27. The molecule has 0 spiro atoms. The van der Waals surface area contributed by atoms with Crippen molar-refractivity contribution in [2.24, 2.45) is 0 Å². The highest BCUT2D eigenvalue weighted by Crippen LogP contribution is 2.39. The molecule has 1 rings (SSSR count). The molecule has 0 amide bonds. The maximum atomic E-state index is 12.4. The molecule has 0 aromatic heterocycles. The molecule has 0 saturated heterocycles. The van der Waals surface area contributed by atoms with Crippen LogP contribution in [0.4, 0.5) is 0 Å². The first-order valence-corrected chi connectivity index (χ1v) is 9.28. The fourth-order valence-electron chi connectivity index (χ4n) is 2.32. The third-order valence-electron chi connectivity index (χ3n) is 3.66. The largest absolute Gasteiger partial charge is 0.617 e. The van der Waals surface area contributed by atoms with Crippen LogP contribution >= 0.6 is 0 Å². The third kappa shape index (κ3) is 4.75. The van der Waals surface area contributed by atoms with Crippen molar-refractivity contribution in [2.75, 3.05) is 12.0 Å². The highest BCUT2D eigenvalue weighted by molar-refractivity contribution is 7.90. The normalized spacial score (nSPS) is 14.0. The zero-order valence-corrected chi connectivity index (χ0v) is 15.6. The van der Waals surface area contributed by atoms with Crippen molar-refractivity contribution < 1.29 is 14.5 Å². The summed E-state index contributed by atoms with van der Waals surface area (Å²) in [6.45, 7) is 12.1. The lowest BCUT2D eigenvalue weighted by Crippen LogP contribution is -2.19. The molecule has 1 atom stereocenters. The number of hydrogen-bond acceptors (Lipinski definition) is 3. The van der Waals surface area contributed by atoms with Gasteiger partial charge in [0.05, 0.1) is 12.7 Å². The van der Waals surface area contributed by atoms with E-state index in [0.717, 1.165) is 11.1 Å². The summed E-state index contributed by atoms with van der Waals surface area (Å²) in [7, 11) is 0. The number of carbonyl (C=O) groups excluding carboxylic acids is 1. The second-order valence-corrected chi connectivity index (χ2v) is 9.43. The van der Waals surface area contributed by atoms with Crippen LogP contribution in [0.5, 0.6) is 5.75 Å². The molecule has 1 N–H and O–H groups in total. The van der Waals surface area contributed by atoms with Crippen LogP contribution in [-0.2, 0) is 22.0 Å². The number of hydrogen-bond donors (Lipinski definition) is 1. The van der Waals surface area contributed by atoms with Gasteiger partial charge in [0, 0.05) is 16.7 Å². The number of phenolic OH excluding ortho intramolecular Hbond substituents is 1. The van der Waals surface area contributed by atoms with Crippen LogP contribution in [0, 0.1) is 0 Å². The van der Waals surface area contributed by atoms with Crippen molar-refractivity contribution in [1.82, 2.24) is 0 Å². The number of benzene rings is 1. The Morgan fingerprint density at radius 1 is 1.09 bits per heavy atom. The number of rotatable bonds is 4. The molecule has 0 aliphatic carbocycles. The molecule has 22 heavy (non-hydrogen) atoms. The van der Waals surface area contributed by atoms with Crippen LogP contribution in [-0.4, -0.2) is 27.5 Å². The lowest BCUT2D eigenvalue weighted by Gasteiger charge is -2.28. The minimum absolute atomic E-state index is 0.0220. The van der Waals surface area contributed by atoms with Gasteiger partial charge in [-0.05, 0) is 23.0 Å². The van der Waals surface area contributed by atoms with Crippen molar-refractivity contribution in [3.8, 4) is 5.75 Å². The minimum atomic E-state index is -0.979. The Bertz CT molecular complexity index is 513. The smallest absolute Gasteiger partial charge is 0.167 e. The maximum absolute atomic E-state index is 12.4. The van der Waals surface area contributed by atoms with Gasteiger partial charge in [0.15, 0.2) is 5.78 Å². The average Bonchev–Trinajstić information content (AvgIpc) is 2.33. The molecule has 4 heteroatoms. The summed E-state index contributed by atoms with van der Waals surface area (Å²) in [5, 5.41) is 10.6. The Kier molecular flexibility index (Phi) is 5.74. The minimum Gasteiger partial charge on any atom is -0.617 e. The predicted molar refractivity (Wildman–Crippen MR) is 93.4 cm³/mol. The predicted octanol–water partition coefficient (Wildman–Crippen LogP) is 3.94. The summed E-state index contributed by atoms with van der Waals surface area (Å²) in [4.78, 5) is 12.4. The Labute approximate surface area is 137 Å². The van der Waals surface area contributed by atoms with Gasteiger partial charge in [-0.1, -0.05) is 52.7 Å². The monoisotopic (exact) mass is 324 g/mol. The number of ketones is 1. The first-order chi connectivity index (χ1) is 9.84. The van der Waals surface area contributed by atoms with Crippen LogP contribution in [0.2, 0.25) is 0 Å². The SMILES string of the molecule is C[S+]([O-])CCC(=O)c1cc(C(C)(C)C)c(O)c(C(C)(C)C)c1. The zero-order valence-electron chi connectivity index (χ0n) is 14.7. The molecule has 0 radical (unpaired) electrons. The van der Waals surface area contributed by atoms with Gasteiger partial charge in [-0.3, -0.25) is 4.79 Å². The topological polar surface area (TPSA) is 60.4 Å². The number of phenols is 1. The average molecular weight is 324 g/mol. The Balaban J connectivity index is 3.39. The molecule has 0 fully saturated rings. The molecule has 0 bridgehead atoms. The molecule has 3 nitrogen and oxygen atoms in total. The molecular formula is C18H28O3S. The number of aromatic hydroxyl groups is 1. The summed E-state index contributed by atoms with van der Waals surface area (Å²) < 4.78 is 11.2. The molecule has 0 heterocycles. The van der Waals surface area contributed by atoms with E-state index >= 15 is 0 Å². The van der Waals surface area contributed by atoms with Gasteiger partial charge in [0.25, 0.3) is 0 Å². The summed E-state index contributed by atoms with van der Waals surface area (Å²) in [5.74, 6) is 0.622. The van der Waals surface area contributed by atoms with Crippen molar-refractivity contribution in [1.29, 1.82) is 0 Å². The summed E-state index contributed by atoms with van der Waals surface area (Å²) in [6.07, 6.45) is 1.87. The van der Waals surface area contributed by atoms with Gasteiger partial charge in [-0.25, -0.2) is 0 Å². The van der Waals surface area contributed by atoms with Crippen LogP contribution in [0.15, 0.2) is 12.1 Å². The van der Waals surface area contributed by atoms with Gasteiger partial charge in [0.2, 0.25) is 0 Å². The van der Waals surface area contributed by atoms with Gasteiger partial charge >= 0.3 is 0 Å². The fourth-order valence-corrected chi connectivity index (χ4v) is 2.79. The number of Topliss-reactive ketones (excluding diaryl/α,β-unsaturated/α-hetero) is 1. The Morgan fingerprint density at radius 2 is 1.50 bits per heavy atom. The lowest BCUT2D eigenvalue weighted by atomic mass is 9.78. The van der Waals surface area contributed by atoms with E-state index in [1.807, 2.05) is 41.5 Å². The number of carbonyl (C=O) groups is 1. The third-order valence-corrected chi connectivity index (χ3v) is 4.44. The Morgan fingerprint density at radius 3 is 1.82 bits per heavy atom. The van der Waals surface area contributed by atoms with Crippen LogP contribution < -0.4 is 0 Å². The first kappa shape index (κ1) is 19.0. The highest BCUT2D eigenvalue weighted by atomic mass is 32.2. The van der Waals surface area contributed by atoms with E-state index in [1.54, 1.807) is 18.4 Å². The molecule has 0 aliphatic rings. The molecule has 1 aromatic carbocycles. The maximum Gasteiger partial charge on any atom is 0.167 e. The van der Waals surface area contributed by atoms with Crippen molar-refractivity contribution in [3.63, 3.8) is 0 Å². The van der Waals surface area contributed by atoms with E-state index in [4.69, 9.17) is 0 Å². The Hall–Kier alpha value is -1.00. The lowest BCUT2D eigenvalue weighted by molar-refractivity contribution is 0.0988. The molecule has 124 valence electrons. The van der Waals surface area contributed by atoms with E-state index < -0.39 is 11.2 Å². The summed E-state index contributed by atoms with van der Waals surface area (Å²) >= 11 is -0.979. The van der Waals surface area contributed by atoms with Crippen LogP contribution in [0.3, 0.4) is 0 Å². The van der Waals surface area contributed by atoms with E-state index in [0.29, 0.717) is 11.3 Å². The van der Waals surface area contributed by atoms with Gasteiger partial charge < -0.3 is 9.66 Å². The van der Waals surface area contributed by atoms with E-state index in [-0.39, 0.29) is 28.8 Å². The van der Waals surface area contributed by atoms with Crippen LogP contribution in [0.25, 0.3) is 0 Å². The summed E-state index contributed by atoms with van der Waals surface area (Å²) in [6, 6.07) is 3.57. The second kappa shape index (κ2) is 6.63. The second-order valence-electron chi connectivity index (χ2n) is 7.87. The molecule has 0 aliphatic heterocycles. The van der Waals surface area contributed by atoms with Gasteiger partial charge in [-0.15, -0.1) is 0 Å². The van der Waals surface area contributed by atoms with Gasteiger partial charge in [-0.2, -0.15) is 0 Å². The van der Waals surface area contributed by atoms with E-state index in [2.05, 4.69) is 0 Å². The quantitative estimate of drug-likeness (QED) is 0.674. The first-order valence-electron chi connectivity index (χ1n) is 7.55. The van der Waals surface area contributed by atoms with Crippen molar-refractivity contribution in [3.05, 3.63) is 28.8 Å². The standard InChI is InChI=1S/C18H28O3S/c1-17(2,3)13-10-12(15(19)8-9-22(7)21)11-14(16(13)20)18(4,5)6/h10-11,20H,8-9H2,1-7H3. The van der Waals surface area contributed by atoms with Crippen molar-refractivity contribution >= 4 is 17.0 Å². The summed E-state index contributed by atoms with van der Waals surface area (Å²) in [5.41, 5.74) is 1.64. The fraction of sp³-hybridized carbons (Fsp3) is 0.611. The molecular weight excluding hydrogens is 296 g/mol. The molecule has 1 aromatic rings. The molecule has 0 saturated carbocycles. The van der Waals surface area contributed by atoms with E-state index in [9.17, 15) is 14.5 Å². The van der Waals surface area contributed by atoms with Crippen molar-refractivity contribution in [2.45, 2.75) is 58.8 Å². The zero-order chi connectivity index (χ0) is 17.3.